The summed E-state index contributed by atoms with van der Waals surface area (Å²) in [5.74, 6) is -1.20. The first-order valence-corrected chi connectivity index (χ1v) is 6.26. The minimum absolute atomic E-state index is 0.0720. The summed E-state index contributed by atoms with van der Waals surface area (Å²) in [5.41, 5.74) is 1.22. The Morgan fingerprint density at radius 3 is 2.63 bits per heavy atom. The first-order chi connectivity index (χ1) is 9.06. The SMILES string of the molecule is CCc1cc(C(O)c2cc(F)ccc2F)n(CC)n1. The van der Waals surface area contributed by atoms with Gasteiger partial charge in [-0.25, -0.2) is 8.78 Å². The molecule has 0 fully saturated rings. The number of aryl methyl sites for hydroxylation is 2. The van der Waals surface area contributed by atoms with Crippen molar-refractivity contribution in [3.63, 3.8) is 0 Å². The van der Waals surface area contributed by atoms with E-state index in [4.69, 9.17) is 0 Å². The highest BCUT2D eigenvalue weighted by molar-refractivity contribution is 5.29. The lowest BCUT2D eigenvalue weighted by atomic mass is 10.1. The fourth-order valence-electron chi connectivity index (χ4n) is 2.02. The van der Waals surface area contributed by atoms with Crippen molar-refractivity contribution in [2.45, 2.75) is 32.9 Å². The van der Waals surface area contributed by atoms with E-state index in [0.29, 0.717) is 12.2 Å². The van der Waals surface area contributed by atoms with Crippen LogP contribution in [0.3, 0.4) is 0 Å². The number of hydrogen-bond acceptors (Lipinski definition) is 2. The molecule has 0 bridgehead atoms. The van der Waals surface area contributed by atoms with Gasteiger partial charge in [-0.05, 0) is 37.6 Å². The van der Waals surface area contributed by atoms with Gasteiger partial charge in [0.1, 0.15) is 17.7 Å². The summed E-state index contributed by atoms with van der Waals surface area (Å²) in [6.07, 6.45) is -0.498. The van der Waals surface area contributed by atoms with Gasteiger partial charge in [-0.3, -0.25) is 4.68 Å². The molecule has 1 atom stereocenters. The van der Waals surface area contributed by atoms with E-state index in [1.807, 2.05) is 13.8 Å². The van der Waals surface area contributed by atoms with E-state index in [2.05, 4.69) is 5.10 Å². The Hall–Kier alpha value is -1.75. The molecule has 2 rings (SSSR count). The second-order valence-electron chi connectivity index (χ2n) is 4.30. The van der Waals surface area contributed by atoms with Gasteiger partial charge in [-0.15, -0.1) is 0 Å². The maximum Gasteiger partial charge on any atom is 0.129 e. The van der Waals surface area contributed by atoms with Crippen LogP contribution in [0.1, 0.15) is 36.9 Å². The predicted octanol–water partition coefficient (Wildman–Crippen LogP) is 2.83. The molecule has 102 valence electrons. The third-order valence-electron chi connectivity index (χ3n) is 3.06. The van der Waals surface area contributed by atoms with Crippen LogP contribution in [-0.4, -0.2) is 14.9 Å². The van der Waals surface area contributed by atoms with Gasteiger partial charge in [0.25, 0.3) is 0 Å². The molecule has 0 aliphatic heterocycles. The minimum Gasteiger partial charge on any atom is -0.382 e. The van der Waals surface area contributed by atoms with Crippen LogP contribution in [0.15, 0.2) is 24.3 Å². The Morgan fingerprint density at radius 2 is 2.00 bits per heavy atom. The molecule has 1 heterocycles. The van der Waals surface area contributed by atoms with E-state index in [9.17, 15) is 13.9 Å². The number of hydrogen-bond donors (Lipinski definition) is 1. The van der Waals surface area contributed by atoms with Gasteiger partial charge in [-0.1, -0.05) is 6.92 Å². The summed E-state index contributed by atoms with van der Waals surface area (Å²) in [5, 5.41) is 14.5. The van der Waals surface area contributed by atoms with E-state index in [1.54, 1.807) is 10.7 Å². The van der Waals surface area contributed by atoms with E-state index in [1.165, 1.54) is 0 Å². The maximum atomic E-state index is 13.7. The Labute approximate surface area is 110 Å². The molecule has 2 aromatic rings. The summed E-state index contributed by atoms with van der Waals surface area (Å²) in [6, 6.07) is 4.78. The zero-order chi connectivity index (χ0) is 14.0. The zero-order valence-corrected chi connectivity index (χ0v) is 10.9. The van der Waals surface area contributed by atoms with Crippen LogP contribution in [0.5, 0.6) is 0 Å². The highest BCUT2D eigenvalue weighted by Crippen LogP contribution is 2.26. The maximum absolute atomic E-state index is 13.7. The average molecular weight is 266 g/mol. The van der Waals surface area contributed by atoms with Gasteiger partial charge in [-0.2, -0.15) is 5.10 Å². The Bertz CT molecular complexity index is 581. The van der Waals surface area contributed by atoms with E-state index in [-0.39, 0.29) is 5.56 Å². The van der Waals surface area contributed by atoms with Crippen molar-refractivity contribution in [1.82, 2.24) is 9.78 Å². The van der Waals surface area contributed by atoms with Gasteiger partial charge in [0, 0.05) is 12.1 Å². The Balaban J connectivity index is 2.45. The number of aromatic nitrogens is 2. The van der Waals surface area contributed by atoms with Crippen molar-refractivity contribution >= 4 is 0 Å². The first-order valence-electron chi connectivity index (χ1n) is 6.26. The van der Waals surface area contributed by atoms with Crippen LogP contribution in [0, 0.1) is 11.6 Å². The van der Waals surface area contributed by atoms with Crippen LogP contribution in [0.4, 0.5) is 8.78 Å². The minimum atomic E-state index is -1.22. The quantitative estimate of drug-likeness (QED) is 0.924. The van der Waals surface area contributed by atoms with Gasteiger partial charge in [0.2, 0.25) is 0 Å². The number of halogens is 2. The van der Waals surface area contributed by atoms with Crippen LogP contribution in [-0.2, 0) is 13.0 Å². The summed E-state index contributed by atoms with van der Waals surface area (Å²) >= 11 is 0. The lowest BCUT2D eigenvalue weighted by Gasteiger charge is -2.13. The van der Waals surface area contributed by atoms with Crippen LogP contribution in [0.2, 0.25) is 0 Å². The number of nitrogens with zero attached hydrogens (tertiary/aromatic N) is 2. The van der Waals surface area contributed by atoms with Gasteiger partial charge < -0.3 is 5.11 Å². The second-order valence-corrected chi connectivity index (χ2v) is 4.30. The normalized spacial score (nSPS) is 12.7. The largest absolute Gasteiger partial charge is 0.382 e. The molecule has 0 aliphatic carbocycles. The number of aliphatic hydroxyl groups is 1. The molecule has 1 aromatic heterocycles. The average Bonchev–Trinajstić information content (AvgIpc) is 2.84. The predicted molar refractivity (Wildman–Crippen MR) is 67.7 cm³/mol. The molecule has 1 unspecified atom stereocenters. The van der Waals surface area contributed by atoms with Gasteiger partial charge in [0.05, 0.1) is 11.4 Å². The molecule has 0 saturated heterocycles. The third kappa shape index (κ3) is 2.66. The molecule has 0 radical (unpaired) electrons. The van der Waals surface area contributed by atoms with Crippen molar-refractivity contribution in [2.24, 2.45) is 0 Å². The number of aliphatic hydroxyl groups excluding tert-OH is 1. The standard InChI is InChI=1S/C14H16F2N2O/c1-3-10-8-13(18(4-2)17-10)14(19)11-7-9(15)5-6-12(11)16/h5-8,14,19H,3-4H2,1-2H3. The van der Waals surface area contributed by atoms with E-state index < -0.39 is 17.7 Å². The van der Waals surface area contributed by atoms with Crippen LogP contribution < -0.4 is 0 Å². The molecule has 1 N–H and O–H groups in total. The third-order valence-corrected chi connectivity index (χ3v) is 3.06. The Morgan fingerprint density at radius 1 is 1.26 bits per heavy atom. The summed E-state index contributed by atoms with van der Waals surface area (Å²) in [6.45, 7) is 4.38. The molecule has 5 heteroatoms. The van der Waals surface area contributed by atoms with E-state index in [0.717, 1.165) is 30.3 Å². The zero-order valence-electron chi connectivity index (χ0n) is 10.9. The summed E-state index contributed by atoms with van der Waals surface area (Å²) in [7, 11) is 0. The van der Waals surface area contributed by atoms with Crippen molar-refractivity contribution in [1.29, 1.82) is 0 Å². The van der Waals surface area contributed by atoms with Gasteiger partial charge in [0.15, 0.2) is 0 Å². The molecule has 1 aromatic carbocycles. The Kier molecular flexibility index (Phi) is 3.95. The molecule has 0 saturated carbocycles. The molecule has 3 nitrogen and oxygen atoms in total. The van der Waals surface area contributed by atoms with Crippen molar-refractivity contribution in [2.75, 3.05) is 0 Å². The van der Waals surface area contributed by atoms with Crippen molar-refractivity contribution in [3.8, 4) is 0 Å². The van der Waals surface area contributed by atoms with Crippen LogP contribution >= 0.6 is 0 Å². The highest BCUT2D eigenvalue weighted by atomic mass is 19.1. The molecule has 0 amide bonds. The van der Waals surface area contributed by atoms with E-state index >= 15 is 0 Å². The summed E-state index contributed by atoms with van der Waals surface area (Å²) < 4.78 is 28.5. The molecular formula is C14H16F2N2O. The molecule has 19 heavy (non-hydrogen) atoms. The fraction of sp³-hybridized carbons (Fsp3) is 0.357. The van der Waals surface area contributed by atoms with Crippen molar-refractivity contribution < 1.29 is 13.9 Å². The molecular weight excluding hydrogens is 250 g/mol. The highest BCUT2D eigenvalue weighted by Gasteiger charge is 2.20. The monoisotopic (exact) mass is 266 g/mol. The van der Waals surface area contributed by atoms with Crippen molar-refractivity contribution in [3.05, 3.63) is 52.9 Å². The topological polar surface area (TPSA) is 38.0 Å². The number of rotatable bonds is 4. The lowest BCUT2D eigenvalue weighted by molar-refractivity contribution is 0.202. The molecule has 0 aliphatic rings. The first kappa shape index (κ1) is 13.7. The molecule has 0 spiro atoms. The lowest BCUT2D eigenvalue weighted by Crippen LogP contribution is -2.10. The fourth-order valence-corrected chi connectivity index (χ4v) is 2.02. The van der Waals surface area contributed by atoms with Gasteiger partial charge >= 0.3 is 0 Å². The summed E-state index contributed by atoms with van der Waals surface area (Å²) in [4.78, 5) is 0. The number of benzene rings is 1. The second kappa shape index (κ2) is 5.48. The van der Waals surface area contributed by atoms with Crippen LogP contribution in [0.25, 0.3) is 0 Å². The smallest absolute Gasteiger partial charge is 0.129 e.